The zero-order valence-electron chi connectivity index (χ0n) is 14.2. The molecule has 1 aromatic rings. The lowest BCUT2D eigenvalue weighted by Gasteiger charge is -2.16. The highest BCUT2D eigenvalue weighted by Gasteiger charge is 2.22. The predicted octanol–water partition coefficient (Wildman–Crippen LogP) is 2.13. The van der Waals surface area contributed by atoms with Gasteiger partial charge in [-0.05, 0) is 43.4 Å². The van der Waals surface area contributed by atoms with E-state index in [1.165, 1.54) is 0 Å². The summed E-state index contributed by atoms with van der Waals surface area (Å²) in [5.74, 6) is -1.42. The van der Waals surface area contributed by atoms with Crippen LogP contribution in [0.4, 0.5) is 0 Å². The number of carboxylic acid groups (broad SMARTS) is 1. The highest BCUT2D eigenvalue weighted by atomic mass is 16.5. The van der Waals surface area contributed by atoms with Crippen LogP contribution in [-0.4, -0.2) is 42.9 Å². The molecule has 0 bridgehead atoms. The van der Waals surface area contributed by atoms with Gasteiger partial charge in [0.25, 0.3) is 0 Å². The fourth-order valence-corrected chi connectivity index (χ4v) is 2.62. The van der Waals surface area contributed by atoms with Gasteiger partial charge in [-0.2, -0.15) is 0 Å². The monoisotopic (exact) mass is 335 g/mol. The van der Waals surface area contributed by atoms with Crippen LogP contribution in [0.15, 0.2) is 18.2 Å². The fraction of sp³-hybridized carbons (Fsp3) is 0.556. The molecular weight excluding hydrogens is 310 g/mol. The number of hydrogen-bond donors (Lipinski definition) is 2. The molecule has 0 saturated carbocycles. The fourth-order valence-electron chi connectivity index (χ4n) is 2.62. The van der Waals surface area contributed by atoms with Gasteiger partial charge in [-0.1, -0.05) is 18.2 Å². The first-order valence-corrected chi connectivity index (χ1v) is 8.26. The molecule has 2 N–H and O–H groups in total. The van der Waals surface area contributed by atoms with Gasteiger partial charge in [-0.3, -0.25) is 4.79 Å². The molecule has 0 radical (unpaired) electrons. The van der Waals surface area contributed by atoms with Gasteiger partial charge in [0.15, 0.2) is 6.04 Å². The Kier molecular flexibility index (Phi) is 6.75. The molecule has 1 fully saturated rings. The van der Waals surface area contributed by atoms with Gasteiger partial charge in [0.1, 0.15) is 0 Å². The van der Waals surface area contributed by atoms with Crippen LogP contribution in [0.5, 0.6) is 0 Å². The Bertz CT molecular complexity index is 581. The first-order chi connectivity index (χ1) is 11.5. The van der Waals surface area contributed by atoms with E-state index in [1.807, 2.05) is 19.9 Å². The van der Waals surface area contributed by atoms with Crippen LogP contribution in [0.25, 0.3) is 0 Å². The van der Waals surface area contributed by atoms with Gasteiger partial charge in [0.05, 0.1) is 19.3 Å². The second-order valence-electron chi connectivity index (χ2n) is 6.14. The van der Waals surface area contributed by atoms with Gasteiger partial charge in [-0.15, -0.1) is 0 Å². The molecule has 0 spiro atoms. The average Bonchev–Trinajstić information content (AvgIpc) is 3.05. The lowest BCUT2D eigenvalue weighted by molar-refractivity contribution is -0.142. The van der Waals surface area contributed by atoms with E-state index in [2.05, 4.69) is 5.32 Å². The smallest absolute Gasteiger partial charge is 0.330 e. The molecule has 1 aromatic carbocycles. The molecule has 1 aliphatic heterocycles. The molecule has 2 atom stereocenters. The summed E-state index contributed by atoms with van der Waals surface area (Å²) >= 11 is 0. The minimum absolute atomic E-state index is 0.121. The Morgan fingerprint density at radius 2 is 2.17 bits per heavy atom. The molecule has 1 saturated heterocycles. The van der Waals surface area contributed by atoms with E-state index in [0.717, 1.165) is 30.6 Å². The number of carbonyl (C=O) groups is 2. The molecule has 1 amide bonds. The van der Waals surface area contributed by atoms with Crippen molar-refractivity contribution in [2.24, 2.45) is 0 Å². The standard InChI is InChI=1S/C18H25NO5/c1-12-5-6-14(10-13(12)2)17(18(21)22)19-16(20)7-9-23-11-15-4-3-8-24-15/h5-6,10,15,17H,3-4,7-9,11H2,1-2H3,(H,19,20)(H,21,22). The second kappa shape index (κ2) is 8.80. The number of nitrogens with one attached hydrogen (secondary N) is 1. The molecule has 6 heteroatoms. The predicted molar refractivity (Wildman–Crippen MR) is 88.8 cm³/mol. The normalized spacial score (nSPS) is 18.3. The Hall–Kier alpha value is -1.92. The van der Waals surface area contributed by atoms with Crippen LogP contribution in [-0.2, 0) is 19.1 Å². The van der Waals surface area contributed by atoms with Crippen molar-refractivity contribution in [1.82, 2.24) is 5.32 Å². The van der Waals surface area contributed by atoms with Crippen LogP contribution in [0.3, 0.4) is 0 Å². The molecule has 0 aromatic heterocycles. The summed E-state index contributed by atoms with van der Waals surface area (Å²) in [4.78, 5) is 23.5. The van der Waals surface area contributed by atoms with Gasteiger partial charge >= 0.3 is 5.97 Å². The third kappa shape index (κ3) is 5.32. The zero-order valence-corrected chi connectivity index (χ0v) is 14.2. The van der Waals surface area contributed by atoms with Crippen molar-refractivity contribution in [3.05, 3.63) is 34.9 Å². The maximum absolute atomic E-state index is 12.0. The summed E-state index contributed by atoms with van der Waals surface area (Å²) in [6.07, 6.45) is 2.28. The van der Waals surface area contributed by atoms with Gasteiger partial charge in [-0.25, -0.2) is 4.79 Å². The summed E-state index contributed by atoms with van der Waals surface area (Å²) in [6.45, 7) is 5.37. The topological polar surface area (TPSA) is 84.9 Å². The molecule has 1 heterocycles. The third-order valence-corrected chi connectivity index (χ3v) is 4.22. The number of ether oxygens (including phenoxy) is 2. The lowest BCUT2D eigenvalue weighted by Crippen LogP contribution is -2.34. The van der Waals surface area contributed by atoms with Gasteiger partial charge < -0.3 is 19.9 Å². The van der Waals surface area contributed by atoms with Gasteiger partial charge in [0, 0.05) is 13.0 Å². The number of benzene rings is 1. The van der Waals surface area contributed by atoms with Crippen LogP contribution >= 0.6 is 0 Å². The molecule has 132 valence electrons. The molecule has 1 aliphatic rings. The average molecular weight is 335 g/mol. The summed E-state index contributed by atoms with van der Waals surface area (Å²) in [6, 6.07) is 4.34. The number of aliphatic carboxylic acids is 1. The van der Waals surface area contributed by atoms with E-state index in [1.54, 1.807) is 12.1 Å². The van der Waals surface area contributed by atoms with E-state index in [-0.39, 0.29) is 25.0 Å². The zero-order chi connectivity index (χ0) is 17.5. The van der Waals surface area contributed by atoms with Gasteiger partial charge in [0.2, 0.25) is 5.91 Å². The summed E-state index contributed by atoms with van der Waals surface area (Å²) in [5, 5.41) is 11.9. The minimum Gasteiger partial charge on any atom is -0.479 e. The quantitative estimate of drug-likeness (QED) is 0.711. The van der Waals surface area contributed by atoms with Crippen molar-refractivity contribution < 1.29 is 24.2 Å². The highest BCUT2D eigenvalue weighted by molar-refractivity contribution is 5.84. The van der Waals surface area contributed by atoms with Crippen molar-refractivity contribution in [1.29, 1.82) is 0 Å². The number of carboxylic acids is 1. The van der Waals surface area contributed by atoms with Crippen molar-refractivity contribution in [3.8, 4) is 0 Å². The Balaban J connectivity index is 1.82. The second-order valence-corrected chi connectivity index (χ2v) is 6.14. The molecule has 6 nitrogen and oxygen atoms in total. The van der Waals surface area contributed by atoms with E-state index >= 15 is 0 Å². The largest absolute Gasteiger partial charge is 0.479 e. The van der Waals surface area contributed by atoms with Crippen molar-refractivity contribution in [3.63, 3.8) is 0 Å². The van der Waals surface area contributed by atoms with Crippen LogP contribution in [0, 0.1) is 13.8 Å². The van der Waals surface area contributed by atoms with E-state index in [9.17, 15) is 14.7 Å². The van der Waals surface area contributed by atoms with E-state index in [4.69, 9.17) is 9.47 Å². The van der Waals surface area contributed by atoms with E-state index in [0.29, 0.717) is 12.2 Å². The molecular formula is C18H25NO5. The number of amides is 1. The minimum atomic E-state index is -1.08. The van der Waals surface area contributed by atoms with Crippen LogP contribution < -0.4 is 5.32 Å². The van der Waals surface area contributed by atoms with Crippen LogP contribution in [0.1, 0.15) is 42.0 Å². The third-order valence-electron chi connectivity index (χ3n) is 4.22. The Labute approximate surface area is 142 Å². The summed E-state index contributed by atoms with van der Waals surface area (Å²) < 4.78 is 10.9. The molecule has 0 aliphatic carbocycles. The van der Waals surface area contributed by atoms with Crippen molar-refractivity contribution in [2.75, 3.05) is 19.8 Å². The SMILES string of the molecule is Cc1ccc(C(NC(=O)CCOCC2CCCO2)C(=O)O)cc1C. The summed E-state index contributed by atoms with van der Waals surface area (Å²) in [5.41, 5.74) is 2.64. The maximum atomic E-state index is 12.0. The Morgan fingerprint density at radius 1 is 1.38 bits per heavy atom. The van der Waals surface area contributed by atoms with E-state index < -0.39 is 12.0 Å². The number of aryl methyl sites for hydroxylation is 2. The number of carbonyl (C=O) groups excluding carboxylic acids is 1. The number of rotatable bonds is 8. The number of hydrogen-bond acceptors (Lipinski definition) is 4. The van der Waals surface area contributed by atoms with Crippen LogP contribution in [0.2, 0.25) is 0 Å². The van der Waals surface area contributed by atoms with Crippen molar-refractivity contribution >= 4 is 11.9 Å². The lowest BCUT2D eigenvalue weighted by atomic mass is 10.0. The van der Waals surface area contributed by atoms with Crippen molar-refractivity contribution in [2.45, 2.75) is 45.3 Å². The molecule has 24 heavy (non-hydrogen) atoms. The summed E-state index contributed by atoms with van der Waals surface area (Å²) in [7, 11) is 0. The maximum Gasteiger partial charge on any atom is 0.330 e. The molecule has 2 unspecified atom stereocenters. The molecule has 2 rings (SSSR count). The first-order valence-electron chi connectivity index (χ1n) is 8.26. The first kappa shape index (κ1) is 18.4. The highest BCUT2D eigenvalue weighted by Crippen LogP contribution is 2.18. The Morgan fingerprint density at radius 3 is 2.79 bits per heavy atom.